The average Bonchev–Trinajstić information content (AvgIpc) is 2.06. The number of allylic oxidation sites excluding steroid dienone is 1. The molecule has 0 aromatic rings. The van der Waals surface area contributed by atoms with Crippen LogP contribution in [0.4, 0.5) is 0 Å². The molecule has 2 nitrogen and oxygen atoms in total. The van der Waals surface area contributed by atoms with Crippen LogP contribution in [0.5, 0.6) is 0 Å². The van der Waals surface area contributed by atoms with Crippen molar-refractivity contribution in [1.29, 1.82) is 0 Å². The SMILES string of the molecule is O=C1/C(=C/O)C2CCC1CC2. The first-order chi connectivity index (χ1) is 5.33. The lowest BCUT2D eigenvalue weighted by molar-refractivity contribution is -0.123. The molecule has 1 N–H and O–H groups in total. The largest absolute Gasteiger partial charge is 0.515 e. The molecular weight excluding hydrogens is 140 g/mol. The van der Waals surface area contributed by atoms with Gasteiger partial charge >= 0.3 is 0 Å². The molecule has 0 unspecified atom stereocenters. The summed E-state index contributed by atoms with van der Waals surface area (Å²) in [7, 11) is 0. The zero-order valence-electron chi connectivity index (χ0n) is 6.42. The van der Waals surface area contributed by atoms with Crippen LogP contribution in [0.3, 0.4) is 0 Å². The Labute approximate surface area is 65.9 Å². The molecule has 3 aliphatic carbocycles. The minimum Gasteiger partial charge on any atom is -0.515 e. The number of aliphatic hydroxyl groups excluding tert-OH is 1. The van der Waals surface area contributed by atoms with Crippen molar-refractivity contribution in [2.24, 2.45) is 11.8 Å². The van der Waals surface area contributed by atoms with Gasteiger partial charge in [0.2, 0.25) is 0 Å². The Hall–Kier alpha value is -0.790. The second-order valence-electron chi connectivity index (χ2n) is 3.50. The third-order valence-electron chi connectivity index (χ3n) is 2.96. The van der Waals surface area contributed by atoms with Crippen molar-refractivity contribution in [3.8, 4) is 0 Å². The lowest BCUT2D eigenvalue weighted by atomic mass is 9.67. The highest BCUT2D eigenvalue weighted by molar-refractivity contribution is 5.98. The summed E-state index contributed by atoms with van der Waals surface area (Å²) >= 11 is 0. The number of hydrogen-bond donors (Lipinski definition) is 1. The van der Waals surface area contributed by atoms with Crippen molar-refractivity contribution in [3.05, 3.63) is 11.8 Å². The predicted molar refractivity (Wildman–Crippen MR) is 41.2 cm³/mol. The van der Waals surface area contributed by atoms with E-state index in [-0.39, 0.29) is 11.7 Å². The number of carbonyl (C=O) groups excluding carboxylic acids is 1. The van der Waals surface area contributed by atoms with Gasteiger partial charge in [-0.3, -0.25) is 4.79 Å². The number of Topliss-reactive ketones (excluding diaryl/α,β-unsaturated/α-hetero) is 1. The molecule has 0 spiro atoms. The maximum atomic E-state index is 11.4. The van der Waals surface area contributed by atoms with Crippen molar-refractivity contribution in [1.82, 2.24) is 0 Å². The van der Waals surface area contributed by atoms with Crippen molar-refractivity contribution in [2.75, 3.05) is 0 Å². The van der Waals surface area contributed by atoms with Gasteiger partial charge in [0.25, 0.3) is 0 Å². The van der Waals surface area contributed by atoms with E-state index in [2.05, 4.69) is 0 Å². The number of rotatable bonds is 0. The Morgan fingerprint density at radius 2 is 1.73 bits per heavy atom. The first kappa shape index (κ1) is 6.89. The fourth-order valence-corrected chi connectivity index (χ4v) is 2.27. The van der Waals surface area contributed by atoms with E-state index in [1.807, 2.05) is 0 Å². The summed E-state index contributed by atoms with van der Waals surface area (Å²) in [5, 5.41) is 8.80. The molecule has 0 amide bonds. The van der Waals surface area contributed by atoms with Crippen LogP contribution in [-0.2, 0) is 4.79 Å². The summed E-state index contributed by atoms with van der Waals surface area (Å²) in [6.07, 6.45) is 5.31. The van der Waals surface area contributed by atoms with Crippen LogP contribution in [-0.4, -0.2) is 10.9 Å². The van der Waals surface area contributed by atoms with Crippen molar-refractivity contribution in [2.45, 2.75) is 25.7 Å². The standard InChI is InChI=1S/C9H12O2/c10-5-8-6-1-3-7(4-2-6)9(8)11/h5-7,10H,1-4H2/b8-5+. The molecule has 0 aromatic heterocycles. The highest BCUT2D eigenvalue weighted by Gasteiger charge is 2.38. The molecule has 3 saturated carbocycles. The Morgan fingerprint density at radius 3 is 2.09 bits per heavy atom. The molecule has 0 aliphatic heterocycles. The molecule has 0 atom stereocenters. The summed E-state index contributed by atoms with van der Waals surface area (Å²) < 4.78 is 0. The van der Waals surface area contributed by atoms with Gasteiger partial charge in [-0.1, -0.05) is 0 Å². The van der Waals surface area contributed by atoms with E-state index in [9.17, 15) is 4.79 Å². The topological polar surface area (TPSA) is 37.3 Å². The summed E-state index contributed by atoms with van der Waals surface area (Å²) in [6, 6.07) is 0. The van der Waals surface area contributed by atoms with Crippen LogP contribution in [0.15, 0.2) is 11.8 Å². The molecule has 60 valence electrons. The quantitative estimate of drug-likeness (QED) is 0.424. The van der Waals surface area contributed by atoms with Crippen molar-refractivity contribution >= 4 is 5.78 Å². The number of aliphatic hydroxyl groups is 1. The fraction of sp³-hybridized carbons (Fsp3) is 0.667. The number of carbonyl (C=O) groups is 1. The van der Waals surface area contributed by atoms with Gasteiger partial charge < -0.3 is 5.11 Å². The van der Waals surface area contributed by atoms with Crippen LogP contribution >= 0.6 is 0 Å². The molecule has 3 rings (SSSR count). The Morgan fingerprint density at radius 1 is 1.18 bits per heavy atom. The molecular formula is C9H12O2. The lowest BCUT2D eigenvalue weighted by Gasteiger charge is -2.35. The third kappa shape index (κ3) is 0.889. The maximum absolute atomic E-state index is 11.4. The van der Waals surface area contributed by atoms with E-state index in [1.54, 1.807) is 0 Å². The minimum absolute atomic E-state index is 0.204. The van der Waals surface area contributed by atoms with Gasteiger partial charge in [-0.15, -0.1) is 0 Å². The second kappa shape index (κ2) is 2.36. The van der Waals surface area contributed by atoms with Crippen LogP contribution in [0, 0.1) is 11.8 Å². The highest BCUT2D eigenvalue weighted by atomic mass is 16.2. The van der Waals surface area contributed by atoms with Crippen LogP contribution in [0.2, 0.25) is 0 Å². The zero-order valence-corrected chi connectivity index (χ0v) is 6.42. The second-order valence-corrected chi connectivity index (χ2v) is 3.50. The first-order valence-electron chi connectivity index (χ1n) is 4.21. The maximum Gasteiger partial charge on any atom is 0.165 e. The van der Waals surface area contributed by atoms with Gasteiger partial charge in [0.05, 0.1) is 6.26 Å². The highest BCUT2D eigenvalue weighted by Crippen LogP contribution is 2.41. The molecule has 3 aliphatic rings. The van der Waals surface area contributed by atoms with Crippen molar-refractivity contribution in [3.63, 3.8) is 0 Å². The summed E-state index contributed by atoms with van der Waals surface area (Å²) in [4.78, 5) is 11.4. The Balaban J connectivity index is 2.30. The van der Waals surface area contributed by atoms with Crippen molar-refractivity contribution < 1.29 is 9.90 Å². The molecule has 0 aromatic carbocycles. The van der Waals surface area contributed by atoms with E-state index >= 15 is 0 Å². The molecule has 0 saturated heterocycles. The van der Waals surface area contributed by atoms with E-state index in [0.717, 1.165) is 31.9 Å². The number of hydrogen-bond acceptors (Lipinski definition) is 2. The third-order valence-corrected chi connectivity index (χ3v) is 2.96. The molecule has 2 bridgehead atoms. The Kier molecular flexibility index (Phi) is 1.48. The number of ketones is 1. The van der Waals surface area contributed by atoms with Gasteiger partial charge in [-0.25, -0.2) is 0 Å². The van der Waals surface area contributed by atoms with Crippen LogP contribution in [0.1, 0.15) is 25.7 Å². The summed E-state index contributed by atoms with van der Waals surface area (Å²) in [6.45, 7) is 0. The van der Waals surface area contributed by atoms with Gasteiger partial charge in [0, 0.05) is 11.5 Å². The summed E-state index contributed by atoms with van der Waals surface area (Å²) in [5.41, 5.74) is 0.688. The number of fused-ring (bicyclic) bond motifs is 3. The summed E-state index contributed by atoms with van der Waals surface area (Å²) in [5.74, 6) is 0.811. The van der Waals surface area contributed by atoms with E-state index in [1.165, 1.54) is 0 Å². The van der Waals surface area contributed by atoms with Gasteiger partial charge in [-0.2, -0.15) is 0 Å². The first-order valence-corrected chi connectivity index (χ1v) is 4.21. The minimum atomic E-state index is 0.204. The van der Waals surface area contributed by atoms with Gasteiger partial charge in [0.1, 0.15) is 0 Å². The van der Waals surface area contributed by atoms with E-state index in [0.29, 0.717) is 11.5 Å². The Bertz CT molecular complexity index is 210. The molecule has 3 fully saturated rings. The monoisotopic (exact) mass is 152 g/mol. The van der Waals surface area contributed by atoms with Crippen LogP contribution in [0.25, 0.3) is 0 Å². The predicted octanol–water partition coefficient (Wildman–Crippen LogP) is 1.82. The molecule has 2 heteroatoms. The molecule has 11 heavy (non-hydrogen) atoms. The smallest absolute Gasteiger partial charge is 0.165 e. The van der Waals surface area contributed by atoms with Crippen LogP contribution < -0.4 is 0 Å². The normalized spacial score (nSPS) is 40.0. The fourth-order valence-electron chi connectivity index (χ4n) is 2.27. The molecule has 0 radical (unpaired) electrons. The van der Waals surface area contributed by atoms with Gasteiger partial charge in [-0.05, 0) is 31.6 Å². The zero-order chi connectivity index (χ0) is 7.84. The van der Waals surface area contributed by atoms with Gasteiger partial charge in [0.15, 0.2) is 5.78 Å². The van der Waals surface area contributed by atoms with E-state index in [4.69, 9.17) is 5.11 Å². The molecule has 0 heterocycles. The van der Waals surface area contributed by atoms with E-state index < -0.39 is 0 Å². The lowest BCUT2D eigenvalue weighted by Crippen LogP contribution is -2.33. The average molecular weight is 152 g/mol.